The van der Waals surface area contributed by atoms with Gasteiger partial charge in [-0.3, -0.25) is 0 Å². The third-order valence-electron chi connectivity index (χ3n) is 3.96. The van der Waals surface area contributed by atoms with Crippen LogP contribution in [0.5, 0.6) is 0 Å². The van der Waals surface area contributed by atoms with Crippen LogP contribution >= 0.6 is 0 Å². The van der Waals surface area contributed by atoms with Crippen LogP contribution in [-0.4, -0.2) is 32.6 Å². The summed E-state index contributed by atoms with van der Waals surface area (Å²) < 4.78 is 7.74. The van der Waals surface area contributed by atoms with Gasteiger partial charge in [0.1, 0.15) is 12.4 Å². The van der Waals surface area contributed by atoms with Gasteiger partial charge < -0.3 is 14.4 Å². The Bertz CT molecular complexity index is 408. The molecular weight excluding hydrogens is 230 g/mol. The fourth-order valence-corrected chi connectivity index (χ4v) is 2.83. The minimum absolute atomic E-state index is 0.00423. The minimum Gasteiger partial charge on any atom is -0.388 e. The van der Waals surface area contributed by atoms with Crippen LogP contribution in [0.3, 0.4) is 0 Å². The highest BCUT2D eigenvalue weighted by atomic mass is 16.5. The van der Waals surface area contributed by atoms with Crippen LogP contribution < -0.4 is 0 Å². The summed E-state index contributed by atoms with van der Waals surface area (Å²) in [5, 5.41) is 17.6. The molecule has 5 heteroatoms. The van der Waals surface area contributed by atoms with Gasteiger partial charge in [-0.05, 0) is 38.5 Å². The van der Waals surface area contributed by atoms with Crippen LogP contribution in [0, 0.1) is 5.92 Å². The highest BCUT2D eigenvalue weighted by Gasteiger charge is 2.34. The Balaban J connectivity index is 1.61. The molecule has 0 aliphatic heterocycles. The normalized spacial score (nSPS) is 27.2. The molecule has 3 rings (SSSR count). The number of aliphatic hydroxyl groups excluding tert-OH is 1. The molecule has 1 heterocycles. The van der Waals surface area contributed by atoms with E-state index >= 15 is 0 Å². The van der Waals surface area contributed by atoms with Gasteiger partial charge >= 0.3 is 0 Å². The van der Waals surface area contributed by atoms with Crippen LogP contribution in [0.4, 0.5) is 0 Å². The summed E-state index contributed by atoms with van der Waals surface area (Å²) in [6, 6.07) is 0.542. The molecule has 0 bridgehead atoms. The highest BCUT2D eigenvalue weighted by molar-refractivity contribution is 5.04. The van der Waals surface area contributed by atoms with Crippen molar-refractivity contribution in [2.24, 2.45) is 5.92 Å². The molecule has 2 saturated carbocycles. The van der Waals surface area contributed by atoms with Crippen LogP contribution in [0.15, 0.2) is 0 Å². The Morgan fingerprint density at radius 3 is 2.61 bits per heavy atom. The number of ether oxygens (including phenoxy) is 1. The van der Waals surface area contributed by atoms with E-state index in [1.54, 1.807) is 0 Å². The van der Waals surface area contributed by atoms with Gasteiger partial charge in [0, 0.05) is 19.1 Å². The molecule has 5 nitrogen and oxygen atoms in total. The number of nitrogens with zero attached hydrogens (tertiary/aromatic N) is 3. The van der Waals surface area contributed by atoms with Crippen molar-refractivity contribution in [1.82, 2.24) is 14.8 Å². The summed E-state index contributed by atoms with van der Waals surface area (Å²) in [6.45, 7) is 2.85. The van der Waals surface area contributed by atoms with Gasteiger partial charge in [0.15, 0.2) is 5.82 Å². The van der Waals surface area contributed by atoms with Crippen LogP contribution in [0.1, 0.15) is 50.3 Å². The molecule has 100 valence electrons. The molecule has 2 aliphatic carbocycles. The molecule has 0 atom stereocenters. The van der Waals surface area contributed by atoms with Crippen molar-refractivity contribution < 1.29 is 9.84 Å². The van der Waals surface area contributed by atoms with Crippen LogP contribution in [0.2, 0.25) is 0 Å². The van der Waals surface area contributed by atoms with Gasteiger partial charge in [0.2, 0.25) is 0 Å². The van der Waals surface area contributed by atoms with E-state index in [0.717, 1.165) is 37.5 Å². The summed E-state index contributed by atoms with van der Waals surface area (Å²) >= 11 is 0. The van der Waals surface area contributed by atoms with Crippen molar-refractivity contribution in [1.29, 1.82) is 0 Å². The van der Waals surface area contributed by atoms with E-state index in [-0.39, 0.29) is 6.61 Å². The maximum atomic E-state index is 9.28. The second kappa shape index (κ2) is 4.97. The van der Waals surface area contributed by atoms with Crippen LogP contribution in [0.25, 0.3) is 0 Å². The van der Waals surface area contributed by atoms with Gasteiger partial charge in [0.25, 0.3) is 0 Å². The average Bonchev–Trinajstić information content (AvgIpc) is 3.08. The molecule has 0 spiro atoms. The molecule has 0 saturated heterocycles. The standard InChI is InChI=1S/C13H21N3O2/c1-2-18-11-5-9(6-11)7-12-14-15-13(8-17)16(12)10-3-4-10/h9-11,17H,2-8H2,1H3. The highest BCUT2D eigenvalue weighted by Crippen LogP contribution is 2.39. The summed E-state index contributed by atoms with van der Waals surface area (Å²) in [4.78, 5) is 0. The number of aliphatic hydroxyl groups is 1. The van der Waals surface area contributed by atoms with E-state index < -0.39 is 0 Å². The number of hydrogen-bond donors (Lipinski definition) is 1. The fraction of sp³-hybridized carbons (Fsp3) is 0.846. The lowest BCUT2D eigenvalue weighted by atomic mass is 9.80. The quantitative estimate of drug-likeness (QED) is 0.831. The first-order chi connectivity index (χ1) is 8.81. The van der Waals surface area contributed by atoms with E-state index in [1.807, 2.05) is 6.92 Å². The molecule has 1 N–H and O–H groups in total. The lowest BCUT2D eigenvalue weighted by molar-refractivity contribution is -0.0247. The maximum Gasteiger partial charge on any atom is 0.159 e. The first-order valence-electron chi connectivity index (χ1n) is 6.97. The SMILES string of the molecule is CCOC1CC(Cc2nnc(CO)n2C2CC2)C1. The predicted octanol–water partition coefficient (Wildman–Crippen LogP) is 1.46. The van der Waals surface area contributed by atoms with Crippen molar-refractivity contribution in [2.75, 3.05) is 6.61 Å². The summed E-state index contributed by atoms with van der Waals surface area (Å²) in [5.74, 6) is 2.46. The van der Waals surface area contributed by atoms with Gasteiger partial charge in [0.05, 0.1) is 6.10 Å². The zero-order valence-corrected chi connectivity index (χ0v) is 10.9. The summed E-state index contributed by atoms with van der Waals surface area (Å²) in [7, 11) is 0. The molecule has 18 heavy (non-hydrogen) atoms. The Morgan fingerprint density at radius 2 is 2.00 bits per heavy atom. The number of hydrogen-bond acceptors (Lipinski definition) is 4. The monoisotopic (exact) mass is 251 g/mol. The van der Waals surface area contributed by atoms with E-state index in [9.17, 15) is 5.11 Å². The molecule has 2 fully saturated rings. The third-order valence-corrected chi connectivity index (χ3v) is 3.96. The zero-order chi connectivity index (χ0) is 12.5. The van der Waals surface area contributed by atoms with Gasteiger partial charge in [-0.1, -0.05) is 0 Å². The lowest BCUT2D eigenvalue weighted by Gasteiger charge is -2.34. The average molecular weight is 251 g/mol. The number of rotatable bonds is 6. The second-order valence-corrected chi connectivity index (χ2v) is 5.41. The Hall–Kier alpha value is -0.940. The maximum absolute atomic E-state index is 9.28. The predicted molar refractivity (Wildman–Crippen MR) is 66.1 cm³/mol. The smallest absolute Gasteiger partial charge is 0.159 e. The molecule has 1 aromatic heterocycles. The van der Waals surface area contributed by atoms with Crippen LogP contribution in [-0.2, 0) is 17.8 Å². The van der Waals surface area contributed by atoms with Crippen molar-refractivity contribution in [3.8, 4) is 0 Å². The van der Waals surface area contributed by atoms with Crippen molar-refractivity contribution in [2.45, 2.75) is 57.8 Å². The third kappa shape index (κ3) is 2.29. The van der Waals surface area contributed by atoms with E-state index in [0.29, 0.717) is 18.1 Å². The van der Waals surface area contributed by atoms with Gasteiger partial charge in [-0.25, -0.2) is 0 Å². The molecular formula is C13H21N3O2. The molecule has 0 amide bonds. The lowest BCUT2D eigenvalue weighted by Crippen LogP contribution is -2.33. The molecule has 0 unspecified atom stereocenters. The Labute approximate surface area is 107 Å². The molecule has 2 aliphatic rings. The first-order valence-corrected chi connectivity index (χ1v) is 6.97. The molecule has 0 radical (unpaired) electrons. The molecule has 0 aromatic carbocycles. The van der Waals surface area contributed by atoms with Gasteiger partial charge in [-0.15, -0.1) is 10.2 Å². The van der Waals surface area contributed by atoms with E-state index in [4.69, 9.17) is 4.74 Å². The largest absolute Gasteiger partial charge is 0.388 e. The zero-order valence-electron chi connectivity index (χ0n) is 10.9. The summed E-state index contributed by atoms with van der Waals surface area (Å²) in [5.41, 5.74) is 0. The minimum atomic E-state index is -0.00423. The topological polar surface area (TPSA) is 60.2 Å². The van der Waals surface area contributed by atoms with E-state index in [2.05, 4.69) is 14.8 Å². The second-order valence-electron chi connectivity index (χ2n) is 5.41. The fourth-order valence-electron chi connectivity index (χ4n) is 2.83. The Kier molecular flexibility index (Phi) is 3.35. The van der Waals surface area contributed by atoms with Crippen molar-refractivity contribution >= 4 is 0 Å². The number of aromatic nitrogens is 3. The van der Waals surface area contributed by atoms with Gasteiger partial charge in [-0.2, -0.15) is 0 Å². The first kappa shape index (κ1) is 12.1. The Morgan fingerprint density at radius 1 is 1.28 bits per heavy atom. The summed E-state index contributed by atoms with van der Waals surface area (Å²) in [6.07, 6.45) is 6.11. The van der Waals surface area contributed by atoms with E-state index in [1.165, 1.54) is 12.8 Å². The van der Waals surface area contributed by atoms with Crippen molar-refractivity contribution in [3.05, 3.63) is 11.6 Å². The molecule has 1 aromatic rings. The van der Waals surface area contributed by atoms with Crippen molar-refractivity contribution in [3.63, 3.8) is 0 Å².